The first-order valence-corrected chi connectivity index (χ1v) is 10.7. The second-order valence-corrected chi connectivity index (χ2v) is 8.38. The number of methoxy groups -OCH3 is 2. The number of carbonyl (C=O) groups excluding carboxylic acids is 3. The van der Waals surface area contributed by atoms with Gasteiger partial charge >= 0.3 is 0 Å². The van der Waals surface area contributed by atoms with E-state index in [0.717, 1.165) is 22.9 Å². The summed E-state index contributed by atoms with van der Waals surface area (Å²) in [7, 11) is 3.06. The monoisotopic (exact) mass is 471 g/mol. The first-order valence-electron chi connectivity index (χ1n) is 9.46. The number of thioether (sulfide) groups is 1. The molecule has 2 aromatic rings. The number of nitrogens with zero attached hydrogens (tertiary/aromatic N) is 1. The van der Waals surface area contributed by atoms with Crippen LogP contribution in [0.2, 0.25) is 0 Å². The van der Waals surface area contributed by atoms with Crippen LogP contribution < -0.4 is 20.3 Å². The van der Waals surface area contributed by atoms with Crippen molar-refractivity contribution in [2.24, 2.45) is 0 Å². The minimum absolute atomic E-state index is 0.252. The largest absolute Gasteiger partial charge is 0.493 e. The molecule has 0 radical (unpaired) electrons. The highest BCUT2D eigenvalue weighted by Crippen LogP contribution is 2.34. The molecule has 0 aliphatic carbocycles. The molecule has 1 fully saturated rings. The van der Waals surface area contributed by atoms with Gasteiger partial charge in [-0.1, -0.05) is 48.2 Å². The van der Waals surface area contributed by atoms with Crippen LogP contribution in [0.1, 0.15) is 21.5 Å². The Morgan fingerprint density at radius 1 is 1.09 bits per heavy atom. The number of hydrazine groups is 1. The molecule has 2 N–H and O–H groups in total. The lowest BCUT2D eigenvalue weighted by atomic mass is 10.1. The zero-order valence-electron chi connectivity index (χ0n) is 17.6. The molecule has 10 heteroatoms. The summed E-state index contributed by atoms with van der Waals surface area (Å²) in [4.78, 5) is 38.8. The van der Waals surface area contributed by atoms with Crippen LogP contribution in [0, 0.1) is 6.92 Å². The fourth-order valence-electron chi connectivity index (χ4n) is 2.93. The van der Waals surface area contributed by atoms with E-state index in [1.165, 1.54) is 19.1 Å². The average Bonchev–Trinajstić information content (AvgIpc) is 3.04. The van der Waals surface area contributed by atoms with Crippen LogP contribution in [-0.2, 0) is 9.59 Å². The maximum absolute atomic E-state index is 12.8. The van der Waals surface area contributed by atoms with Gasteiger partial charge in [-0.3, -0.25) is 30.1 Å². The first-order chi connectivity index (χ1) is 15.3. The normalized spacial score (nSPS) is 14.5. The van der Waals surface area contributed by atoms with Gasteiger partial charge in [0, 0.05) is 5.56 Å². The fraction of sp³-hybridized carbons (Fsp3) is 0.182. The van der Waals surface area contributed by atoms with Crippen LogP contribution in [0.25, 0.3) is 6.08 Å². The molecule has 0 aromatic heterocycles. The van der Waals surface area contributed by atoms with E-state index in [2.05, 4.69) is 10.9 Å². The minimum Gasteiger partial charge on any atom is -0.493 e. The molecule has 1 aliphatic heterocycles. The smallest absolute Gasteiger partial charge is 0.269 e. The summed E-state index contributed by atoms with van der Waals surface area (Å²) in [5, 5.41) is 0. The van der Waals surface area contributed by atoms with Gasteiger partial charge in [0.15, 0.2) is 11.5 Å². The Morgan fingerprint density at radius 3 is 2.50 bits per heavy atom. The Bertz CT molecular complexity index is 1120. The molecule has 8 nitrogen and oxygen atoms in total. The Kier molecular flexibility index (Phi) is 7.49. The van der Waals surface area contributed by atoms with E-state index in [1.54, 1.807) is 49.4 Å². The third-order valence-corrected chi connectivity index (χ3v) is 5.96. The van der Waals surface area contributed by atoms with Crippen LogP contribution in [0.4, 0.5) is 0 Å². The van der Waals surface area contributed by atoms with Crippen LogP contribution in [0.3, 0.4) is 0 Å². The zero-order chi connectivity index (χ0) is 23.3. The van der Waals surface area contributed by atoms with Gasteiger partial charge in [0.2, 0.25) is 0 Å². The van der Waals surface area contributed by atoms with Crippen LogP contribution in [-0.4, -0.2) is 47.7 Å². The molecule has 0 saturated carbocycles. The van der Waals surface area contributed by atoms with Crippen molar-refractivity contribution in [3.05, 3.63) is 64.1 Å². The number of ether oxygens (including phenoxy) is 2. The summed E-state index contributed by atoms with van der Waals surface area (Å²) >= 11 is 6.36. The molecular weight excluding hydrogens is 450 g/mol. The molecular formula is C22H21N3O5S2. The summed E-state index contributed by atoms with van der Waals surface area (Å²) < 4.78 is 10.7. The molecule has 0 bridgehead atoms. The fourth-order valence-corrected chi connectivity index (χ4v) is 4.19. The molecule has 0 spiro atoms. The number of rotatable bonds is 6. The van der Waals surface area contributed by atoms with E-state index < -0.39 is 17.7 Å². The SMILES string of the molecule is COc1ccc(/C=C2\SC(=S)N(CC(=O)NNC(=O)c3ccccc3C)C2=O)cc1OC. The summed E-state index contributed by atoms with van der Waals surface area (Å²) in [5.74, 6) is -0.317. The van der Waals surface area contributed by atoms with Gasteiger partial charge in [-0.05, 0) is 42.3 Å². The molecule has 166 valence electrons. The predicted molar refractivity (Wildman–Crippen MR) is 126 cm³/mol. The summed E-state index contributed by atoms with van der Waals surface area (Å²) in [6.45, 7) is 1.48. The van der Waals surface area contributed by atoms with E-state index in [0.29, 0.717) is 22.0 Å². The maximum atomic E-state index is 12.8. The van der Waals surface area contributed by atoms with Crippen molar-refractivity contribution >= 4 is 52.1 Å². The lowest BCUT2D eigenvalue weighted by Gasteiger charge is -2.15. The Morgan fingerprint density at radius 2 is 1.81 bits per heavy atom. The highest BCUT2D eigenvalue weighted by atomic mass is 32.2. The number of amides is 3. The van der Waals surface area contributed by atoms with E-state index in [4.69, 9.17) is 21.7 Å². The molecule has 1 saturated heterocycles. The highest BCUT2D eigenvalue weighted by molar-refractivity contribution is 8.26. The third-order valence-electron chi connectivity index (χ3n) is 4.59. The number of thiocarbonyl (C=S) groups is 1. The third kappa shape index (κ3) is 5.27. The van der Waals surface area contributed by atoms with Crippen LogP contribution >= 0.6 is 24.0 Å². The van der Waals surface area contributed by atoms with E-state index in [1.807, 2.05) is 6.07 Å². The molecule has 3 amide bonds. The van der Waals surface area contributed by atoms with Crippen molar-refractivity contribution in [3.8, 4) is 11.5 Å². The molecule has 1 heterocycles. The number of hydrogen-bond donors (Lipinski definition) is 2. The minimum atomic E-state index is -0.574. The summed E-state index contributed by atoms with van der Waals surface area (Å²) in [6, 6.07) is 12.2. The molecule has 0 unspecified atom stereocenters. The Balaban J connectivity index is 1.63. The van der Waals surface area contributed by atoms with Crippen LogP contribution in [0.5, 0.6) is 11.5 Å². The number of nitrogens with one attached hydrogen (secondary N) is 2. The van der Waals surface area contributed by atoms with Crippen molar-refractivity contribution < 1.29 is 23.9 Å². The van der Waals surface area contributed by atoms with Gasteiger partial charge in [-0.15, -0.1) is 0 Å². The number of hydrogen-bond acceptors (Lipinski definition) is 7. The molecule has 0 atom stereocenters. The van der Waals surface area contributed by atoms with E-state index in [9.17, 15) is 14.4 Å². The van der Waals surface area contributed by atoms with Crippen molar-refractivity contribution in [1.29, 1.82) is 0 Å². The first kappa shape index (κ1) is 23.3. The van der Waals surface area contributed by atoms with Gasteiger partial charge in [0.25, 0.3) is 17.7 Å². The second-order valence-electron chi connectivity index (χ2n) is 6.70. The summed E-state index contributed by atoms with van der Waals surface area (Å²) in [6.07, 6.45) is 1.67. The summed E-state index contributed by atoms with van der Waals surface area (Å²) in [5.41, 5.74) is 6.60. The molecule has 1 aliphatic rings. The van der Waals surface area contributed by atoms with Gasteiger partial charge < -0.3 is 9.47 Å². The molecule has 32 heavy (non-hydrogen) atoms. The lowest BCUT2D eigenvalue weighted by Crippen LogP contribution is -2.47. The van der Waals surface area contributed by atoms with Gasteiger partial charge in [0.1, 0.15) is 10.9 Å². The maximum Gasteiger partial charge on any atom is 0.269 e. The number of aryl methyl sites for hydroxylation is 1. The van der Waals surface area contributed by atoms with Crippen molar-refractivity contribution in [1.82, 2.24) is 15.8 Å². The number of carbonyl (C=O) groups is 3. The van der Waals surface area contributed by atoms with Gasteiger partial charge in [-0.2, -0.15) is 0 Å². The lowest BCUT2D eigenvalue weighted by molar-refractivity contribution is -0.129. The average molecular weight is 472 g/mol. The van der Waals surface area contributed by atoms with Gasteiger partial charge in [-0.25, -0.2) is 0 Å². The Labute approximate surface area is 194 Å². The second kappa shape index (κ2) is 10.3. The zero-order valence-corrected chi connectivity index (χ0v) is 19.3. The topological polar surface area (TPSA) is 97.0 Å². The van der Waals surface area contributed by atoms with Crippen molar-refractivity contribution in [2.45, 2.75) is 6.92 Å². The highest BCUT2D eigenvalue weighted by Gasteiger charge is 2.33. The van der Waals surface area contributed by atoms with Crippen molar-refractivity contribution in [3.63, 3.8) is 0 Å². The van der Waals surface area contributed by atoms with Crippen LogP contribution in [0.15, 0.2) is 47.4 Å². The molecule has 2 aromatic carbocycles. The van der Waals surface area contributed by atoms with Gasteiger partial charge in [0.05, 0.1) is 19.1 Å². The predicted octanol–water partition coefficient (Wildman–Crippen LogP) is 2.67. The van der Waals surface area contributed by atoms with E-state index in [-0.39, 0.29) is 10.9 Å². The van der Waals surface area contributed by atoms with E-state index >= 15 is 0 Å². The standard InChI is InChI=1S/C22H21N3O5S2/c1-13-6-4-5-7-15(13)20(27)24-23-19(26)12-25-21(28)18(32-22(25)31)11-14-8-9-16(29-2)17(10-14)30-3/h4-11H,12H2,1-3H3,(H,23,26)(H,24,27)/b18-11-. The quantitative estimate of drug-likeness (QED) is 0.380. The Hall–Kier alpha value is -3.37. The van der Waals surface area contributed by atoms with Crippen molar-refractivity contribution in [2.75, 3.05) is 20.8 Å². The molecule has 3 rings (SSSR count). The number of benzene rings is 2.